The van der Waals surface area contributed by atoms with Gasteiger partial charge in [-0.15, -0.1) is 11.6 Å². The van der Waals surface area contributed by atoms with Gasteiger partial charge in [0.2, 0.25) is 0 Å². The Balaban J connectivity index is 2.44. The Morgan fingerprint density at radius 3 is 2.73 bits per heavy atom. The van der Waals surface area contributed by atoms with Gasteiger partial charge in [-0.3, -0.25) is 0 Å². The lowest BCUT2D eigenvalue weighted by molar-refractivity contribution is 1.13. The molecule has 0 saturated carbocycles. The van der Waals surface area contributed by atoms with Crippen LogP contribution in [0.4, 0.5) is 0 Å². The highest BCUT2D eigenvalue weighted by molar-refractivity contribution is 6.16. The molecule has 78 valence electrons. The summed E-state index contributed by atoms with van der Waals surface area (Å²) in [7, 11) is 0. The van der Waals surface area contributed by atoms with E-state index >= 15 is 0 Å². The molecule has 0 amide bonds. The molecule has 0 bridgehead atoms. The maximum absolute atomic E-state index is 5.70. The fourth-order valence-electron chi connectivity index (χ4n) is 1.52. The molecule has 15 heavy (non-hydrogen) atoms. The Morgan fingerprint density at radius 1 is 1.33 bits per heavy atom. The zero-order valence-corrected chi connectivity index (χ0v) is 9.47. The van der Waals surface area contributed by atoms with Gasteiger partial charge in [0.1, 0.15) is 5.69 Å². The lowest BCUT2D eigenvalue weighted by atomic mass is 10.2. The number of halogens is 1. The van der Waals surface area contributed by atoms with Gasteiger partial charge in [-0.05, 0) is 31.5 Å². The van der Waals surface area contributed by atoms with Gasteiger partial charge in [-0.1, -0.05) is 0 Å². The molecular weight excluding hydrogens is 210 g/mol. The normalized spacial score (nSPS) is 10.6. The van der Waals surface area contributed by atoms with Gasteiger partial charge in [0.25, 0.3) is 0 Å². The first-order valence-corrected chi connectivity index (χ1v) is 5.28. The number of alkyl halides is 1. The highest BCUT2D eigenvalue weighted by Crippen LogP contribution is 2.16. The molecule has 3 nitrogen and oxygen atoms in total. The van der Waals surface area contributed by atoms with Crippen molar-refractivity contribution in [3.8, 4) is 11.5 Å². The molecule has 0 aliphatic carbocycles. The third kappa shape index (κ3) is 2.18. The third-order valence-electron chi connectivity index (χ3n) is 2.11. The molecule has 0 saturated heterocycles. The second kappa shape index (κ2) is 4.03. The molecular formula is C11H12ClN3. The van der Waals surface area contributed by atoms with Crippen LogP contribution < -0.4 is 0 Å². The van der Waals surface area contributed by atoms with Crippen LogP contribution >= 0.6 is 11.6 Å². The van der Waals surface area contributed by atoms with Crippen molar-refractivity contribution in [1.82, 2.24) is 15.0 Å². The number of nitrogens with one attached hydrogen (secondary N) is 1. The van der Waals surface area contributed by atoms with E-state index in [-0.39, 0.29) is 0 Å². The van der Waals surface area contributed by atoms with Gasteiger partial charge < -0.3 is 4.98 Å². The molecule has 1 N–H and O–H groups in total. The number of hydrogen-bond acceptors (Lipinski definition) is 2. The van der Waals surface area contributed by atoms with Crippen LogP contribution in [0, 0.1) is 13.8 Å². The average molecular weight is 222 g/mol. The molecule has 4 heteroatoms. The maximum atomic E-state index is 5.70. The fraction of sp³-hybridized carbons (Fsp3) is 0.273. The number of hydrogen-bond donors (Lipinski definition) is 1. The molecule has 2 rings (SSSR count). The van der Waals surface area contributed by atoms with E-state index in [1.807, 2.05) is 26.0 Å². The number of nitrogens with zero attached hydrogens (tertiary/aromatic N) is 2. The lowest BCUT2D eigenvalue weighted by Crippen LogP contribution is -1.90. The average Bonchev–Trinajstić information content (AvgIpc) is 2.64. The first-order chi connectivity index (χ1) is 7.19. The summed E-state index contributed by atoms with van der Waals surface area (Å²) in [6, 6.07) is 4.04. The Bertz CT molecular complexity index is 456. The van der Waals surface area contributed by atoms with Crippen LogP contribution in [0.3, 0.4) is 0 Å². The molecule has 0 spiro atoms. The van der Waals surface area contributed by atoms with Gasteiger partial charge in [0, 0.05) is 17.6 Å². The molecule has 0 fully saturated rings. The first kappa shape index (κ1) is 10.2. The van der Waals surface area contributed by atoms with E-state index in [9.17, 15) is 0 Å². The molecule has 0 atom stereocenters. The van der Waals surface area contributed by atoms with E-state index in [0.29, 0.717) is 5.88 Å². The van der Waals surface area contributed by atoms with E-state index < -0.39 is 0 Å². The van der Waals surface area contributed by atoms with Crippen molar-refractivity contribution < 1.29 is 0 Å². The van der Waals surface area contributed by atoms with Crippen LogP contribution in [0.2, 0.25) is 0 Å². The van der Waals surface area contributed by atoms with E-state index in [2.05, 4.69) is 15.0 Å². The minimum atomic E-state index is 0.442. The molecule has 0 aliphatic heterocycles. The number of H-pyrrole nitrogens is 1. The Kier molecular flexibility index (Phi) is 2.73. The summed E-state index contributed by atoms with van der Waals surface area (Å²) in [4.78, 5) is 11.8. The summed E-state index contributed by atoms with van der Waals surface area (Å²) in [6.45, 7) is 4.02. The third-order valence-corrected chi connectivity index (χ3v) is 2.40. The number of aromatic nitrogens is 3. The standard InChI is InChI=1S/C11H12ClN3/c1-7-3-8(2)14-10(4-7)11-13-6-9(5-12)15-11/h3-4,6H,5H2,1-2H3,(H,13,15). The molecule has 2 aromatic rings. The molecule has 0 unspecified atom stereocenters. The minimum absolute atomic E-state index is 0.442. The maximum Gasteiger partial charge on any atom is 0.156 e. The van der Waals surface area contributed by atoms with Crippen molar-refractivity contribution in [3.05, 3.63) is 35.3 Å². The minimum Gasteiger partial charge on any atom is -0.340 e. The zero-order chi connectivity index (χ0) is 10.8. The summed E-state index contributed by atoms with van der Waals surface area (Å²) in [5.41, 5.74) is 3.95. The molecule has 0 aromatic carbocycles. The second-order valence-corrected chi connectivity index (χ2v) is 3.83. The molecule has 2 aromatic heterocycles. The molecule has 0 radical (unpaired) electrons. The van der Waals surface area contributed by atoms with E-state index in [1.54, 1.807) is 6.20 Å². The van der Waals surface area contributed by atoms with Crippen molar-refractivity contribution in [1.29, 1.82) is 0 Å². The molecule has 0 aliphatic rings. The second-order valence-electron chi connectivity index (χ2n) is 3.56. The topological polar surface area (TPSA) is 41.6 Å². The van der Waals surface area contributed by atoms with Crippen LogP contribution in [-0.2, 0) is 5.88 Å². The monoisotopic (exact) mass is 221 g/mol. The summed E-state index contributed by atoms with van der Waals surface area (Å²) in [5, 5.41) is 0. The van der Waals surface area contributed by atoms with Crippen molar-refractivity contribution in [2.45, 2.75) is 19.7 Å². The van der Waals surface area contributed by atoms with Crippen LogP contribution in [-0.4, -0.2) is 15.0 Å². The van der Waals surface area contributed by atoms with E-state index in [4.69, 9.17) is 11.6 Å². The largest absolute Gasteiger partial charge is 0.340 e. The van der Waals surface area contributed by atoms with Gasteiger partial charge >= 0.3 is 0 Å². The number of pyridine rings is 1. The predicted octanol–water partition coefficient (Wildman–Crippen LogP) is 2.83. The van der Waals surface area contributed by atoms with Crippen molar-refractivity contribution in [2.75, 3.05) is 0 Å². The van der Waals surface area contributed by atoms with Gasteiger partial charge in [0.15, 0.2) is 5.82 Å². The van der Waals surface area contributed by atoms with Crippen molar-refractivity contribution >= 4 is 11.6 Å². The highest BCUT2D eigenvalue weighted by Gasteiger charge is 2.05. The number of aryl methyl sites for hydroxylation is 2. The quantitative estimate of drug-likeness (QED) is 0.793. The smallest absolute Gasteiger partial charge is 0.156 e. The summed E-state index contributed by atoms with van der Waals surface area (Å²) in [5.74, 6) is 1.22. The van der Waals surface area contributed by atoms with Crippen LogP contribution in [0.15, 0.2) is 18.3 Å². The summed E-state index contributed by atoms with van der Waals surface area (Å²) in [6.07, 6.45) is 1.74. The highest BCUT2D eigenvalue weighted by atomic mass is 35.5. The van der Waals surface area contributed by atoms with Gasteiger partial charge in [0.05, 0.1) is 5.88 Å². The fourth-order valence-corrected chi connectivity index (χ4v) is 1.66. The Morgan fingerprint density at radius 2 is 2.13 bits per heavy atom. The first-order valence-electron chi connectivity index (χ1n) is 4.74. The SMILES string of the molecule is Cc1cc(C)nc(-c2ncc(CCl)[nH]2)c1. The summed E-state index contributed by atoms with van der Waals surface area (Å²) >= 11 is 5.70. The Hall–Kier alpha value is -1.35. The summed E-state index contributed by atoms with van der Waals surface area (Å²) < 4.78 is 0. The number of imidazole rings is 1. The van der Waals surface area contributed by atoms with Gasteiger partial charge in [-0.25, -0.2) is 9.97 Å². The van der Waals surface area contributed by atoms with Crippen LogP contribution in [0.5, 0.6) is 0 Å². The predicted molar refractivity (Wildman–Crippen MR) is 60.8 cm³/mol. The van der Waals surface area contributed by atoms with E-state index in [0.717, 1.165) is 22.9 Å². The van der Waals surface area contributed by atoms with Crippen molar-refractivity contribution in [3.63, 3.8) is 0 Å². The zero-order valence-electron chi connectivity index (χ0n) is 8.71. The number of aromatic amines is 1. The van der Waals surface area contributed by atoms with Crippen molar-refractivity contribution in [2.24, 2.45) is 0 Å². The van der Waals surface area contributed by atoms with E-state index in [1.165, 1.54) is 5.56 Å². The van der Waals surface area contributed by atoms with Crippen LogP contribution in [0.25, 0.3) is 11.5 Å². The van der Waals surface area contributed by atoms with Gasteiger partial charge in [-0.2, -0.15) is 0 Å². The number of rotatable bonds is 2. The van der Waals surface area contributed by atoms with Crippen LogP contribution in [0.1, 0.15) is 17.0 Å². The molecule has 2 heterocycles. The lowest BCUT2D eigenvalue weighted by Gasteiger charge is -2.00. The Labute approximate surface area is 93.5 Å².